The van der Waals surface area contributed by atoms with E-state index in [1.165, 1.54) is 77.1 Å². The Labute approximate surface area is 397 Å². The van der Waals surface area contributed by atoms with Crippen LogP contribution in [0.25, 0.3) is 82.8 Å². The Morgan fingerprint density at radius 1 is 0.353 bits per heavy atom. The molecule has 1 heterocycles. The summed E-state index contributed by atoms with van der Waals surface area (Å²) in [6, 6.07) is 96.0. The highest BCUT2D eigenvalue weighted by molar-refractivity contribution is 6.12. The molecule has 0 radical (unpaired) electrons. The van der Waals surface area contributed by atoms with Crippen LogP contribution in [0.1, 0.15) is 23.6 Å². The molecule has 1 atom stereocenters. The van der Waals surface area contributed by atoms with Gasteiger partial charge in [-0.05, 0) is 111 Å². The van der Waals surface area contributed by atoms with Crippen LogP contribution in [0.15, 0.2) is 261 Å². The van der Waals surface area contributed by atoms with E-state index in [1.54, 1.807) is 0 Å². The minimum absolute atomic E-state index is 0.369. The zero-order valence-corrected chi connectivity index (χ0v) is 37.7. The molecule has 1 unspecified atom stereocenters. The van der Waals surface area contributed by atoms with Crippen LogP contribution >= 0.6 is 0 Å². The minimum atomic E-state index is -0.369. The molecule has 2 nitrogen and oxygen atoms in total. The van der Waals surface area contributed by atoms with Gasteiger partial charge in [0.1, 0.15) is 0 Å². The predicted molar refractivity (Wildman–Crippen MR) is 287 cm³/mol. The van der Waals surface area contributed by atoms with E-state index in [-0.39, 0.29) is 5.41 Å². The predicted octanol–water partition coefficient (Wildman–Crippen LogP) is 17.7. The fourth-order valence-electron chi connectivity index (χ4n) is 11.4. The number of rotatable bonds is 8. The lowest BCUT2D eigenvalue weighted by Crippen LogP contribution is -2.22. The van der Waals surface area contributed by atoms with Crippen molar-refractivity contribution in [3.63, 3.8) is 0 Å². The highest BCUT2D eigenvalue weighted by Gasteiger charge is 2.42. The van der Waals surface area contributed by atoms with E-state index in [0.717, 1.165) is 39.4 Å². The molecular formula is C66H46N2. The Morgan fingerprint density at radius 3 is 1.68 bits per heavy atom. The van der Waals surface area contributed by atoms with E-state index in [9.17, 15) is 0 Å². The number of anilines is 3. The van der Waals surface area contributed by atoms with Crippen molar-refractivity contribution in [3.8, 4) is 50.2 Å². The molecule has 0 aliphatic heterocycles. The molecule has 13 rings (SSSR count). The van der Waals surface area contributed by atoms with Crippen LogP contribution < -0.4 is 4.90 Å². The molecular weight excluding hydrogens is 821 g/mol. The molecule has 0 saturated carbocycles. The summed E-state index contributed by atoms with van der Waals surface area (Å²) >= 11 is 0. The lowest BCUT2D eigenvalue weighted by Gasteiger charge is -2.33. The fourth-order valence-corrected chi connectivity index (χ4v) is 11.4. The molecule has 1 aliphatic rings. The summed E-state index contributed by atoms with van der Waals surface area (Å²) in [7, 11) is 0. The summed E-state index contributed by atoms with van der Waals surface area (Å²) in [6.45, 7) is 2.41. The number of benzene rings is 11. The van der Waals surface area contributed by atoms with Gasteiger partial charge in [-0.25, -0.2) is 0 Å². The van der Waals surface area contributed by atoms with Crippen LogP contribution in [0.5, 0.6) is 0 Å². The van der Waals surface area contributed by atoms with Gasteiger partial charge in [-0.2, -0.15) is 0 Å². The van der Waals surface area contributed by atoms with Crippen molar-refractivity contribution < 1.29 is 0 Å². The summed E-state index contributed by atoms with van der Waals surface area (Å²) in [5.74, 6) is 0. The van der Waals surface area contributed by atoms with Crippen molar-refractivity contribution in [3.05, 3.63) is 278 Å². The number of nitrogens with zero attached hydrogens (tertiary/aromatic N) is 2. The summed E-state index contributed by atoms with van der Waals surface area (Å²) in [5, 5.41) is 4.90. The van der Waals surface area contributed by atoms with Crippen molar-refractivity contribution >= 4 is 49.6 Å². The van der Waals surface area contributed by atoms with Gasteiger partial charge >= 0.3 is 0 Å². The van der Waals surface area contributed by atoms with Crippen LogP contribution in [-0.2, 0) is 5.41 Å². The van der Waals surface area contributed by atoms with Gasteiger partial charge in [0.25, 0.3) is 0 Å². The van der Waals surface area contributed by atoms with Crippen LogP contribution in [0, 0.1) is 0 Å². The molecule has 11 aromatic carbocycles. The molecule has 320 valence electrons. The second-order valence-electron chi connectivity index (χ2n) is 18.1. The zero-order valence-electron chi connectivity index (χ0n) is 37.7. The second-order valence-corrected chi connectivity index (χ2v) is 18.1. The van der Waals surface area contributed by atoms with Crippen molar-refractivity contribution in [2.45, 2.75) is 12.3 Å². The third-order valence-corrected chi connectivity index (χ3v) is 14.5. The SMILES string of the molecule is CC1(c2ccccc2)c2ccccc2-c2c(N(c3ccccc3-c3ccc4c(c3)c3ccccc3n4-c3ccccc3)c3ccccc3-c3cccc4cccc(-c5ccccc5)c34)cccc21. The maximum Gasteiger partial charge on any atom is 0.0543 e. The lowest BCUT2D eigenvalue weighted by atomic mass is 9.74. The molecule has 12 aromatic rings. The second kappa shape index (κ2) is 16.0. The molecule has 0 N–H and O–H groups in total. The van der Waals surface area contributed by atoms with E-state index in [4.69, 9.17) is 0 Å². The van der Waals surface area contributed by atoms with Crippen molar-refractivity contribution in [1.29, 1.82) is 0 Å². The van der Waals surface area contributed by atoms with E-state index in [0.29, 0.717) is 0 Å². The molecule has 0 fully saturated rings. The molecule has 0 saturated heterocycles. The zero-order chi connectivity index (χ0) is 45.2. The van der Waals surface area contributed by atoms with Gasteiger partial charge in [-0.15, -0.1) is 0 Å². The van der Waals surface area contributed by atoms with E-state index in [2.05, 4.69) is 277 Å². The summed E-state index contributed by atoms with van der Waals surface area (Å²) in [5.41, 5.74) is 20.0. The van der Waals surface area contributed by atoms with Crippen molar-refractivity contribution in [2.24, 2.45) is 0 Å². The van der Waals surface area contributed by atoms with E-state index >= 15 is 0 Å². The van der Waals surface area contributed by atoms with Crippen LogP contribution in [0.2, 0.25) is 0 Å². The number of aromatic nitrogens is 1. The Hall–Kier alpha value is -8.72. The van der Waals surface area contributed by atoms with Crippen molar-refractivity contribution in [2.75, 3.05) is 4.90 Å². The van der Waals surface area contributed by atoms with Gasteiger partial charge in [0.15, 0.2) is 0 Å². The van der Waals surface area contributed by atoms with Crippen molar-refractivity contribution in [1.82, 2.24) is 4.57 Å². The van der Waals surface area contributed by atoms with Gasteiger partial charge in [0, 0.05) is 38.6 Å². The Kier molecular flexibility index (Phi) is 9.33. The molecule has 1 aromatic heterocycles. The number of hydrogen-bond donors (Lipinski definition) is 0. The third kappa shape index (κ3) is 6.11. The lowest BCUT2D eigenvalue weighted by molar-refractivity contribution is 0.714. The minimum Gasteiger partial charge on any atom is -0.309 e. The maximum atomic E-state index is 2.57. The van der Waals surface area contributed by atoms with Gasteiger partial charge in [0.05, 0.1) is 28.1 Å². The summed E-state index contributed by atoms with van der Waals surface area (Å²) < 4.78 is 2.39. The molecule has 0 spiro atoms. The Balaban J connectivity index is 1.10. The average Bonchev–Trinajstić information content (AvgIpc) is 3.89. The molecule has 1 aliphatic carbocycles. The first-order chi connectivity index (χ1) is 33.7. The summed E-state index contributed by atoms with van der Waals surface area (Å²) in [4.78, 5) is 2.57. The topological polar surface area (TPSA) is 8.17 Å². The summed E-state index contributed by atoms with van der Waals surface area (Å²) in [6.07, 6.45) is 0. The van der Waals surface area contributed by atoms with Gasteiger partial charge in [-0.1, -0.05) is 212 Å². The van der Waals surface area contributed by atoms with Crippen LogP contribution in [-0.4, -0.2) is 4.57 Å². The fraction of sp³-hybridized carbons (Fsp3) is 0.0303. The first-order valence-electron chi connectivity index (χ1n) is 23.6. The van der Waals surface area contributed by atoms with Crippen LogP contribution in [0.3, 0.4) is 0 Å². The molecule has 2 heteroatoms. The average molecular weight is 867 g/mol. The van der Waals surface area contributed by atoms with E-state index < -0.39 is 0 Å². The first-order valence-corrected chi connectivity index (χ1v) is 23.6. The normalized spacial score (nSPS) is 14.0. The highest BCUT2D eigenvalue weighted by Crippen LogP contribution is 2.58. The van der Waals surface area contributed by atoms with Gasteiger partial charge in [-0.3, -0.25) is 0 Å². The molecule has 0 amide bonds. The van der Waals surface area contributed by atoms with Crippen LogP contribution in [0.4, 0.5) is 17.1 Å². The standard InChI is InChI=1S/C66H46N2/c1-66(48-26-7-3-8-27-48)57-36-15-11-33-55(57)65-58(66)37-21-41-63(65)68(61-40-18-13-31-52(61)54-35-20-25-46-24-19-34-51(64(46)54)45-22-5-2-6-23-45)59-38-16-12-30-50(59)47-42-43-62-56(44-47)53-32-14-17-39-60(53)67(62)49-28-9-4-10-29-49/h2-44H,1H3. The largest absolute Gasteiger partial charge is 0.309 e. The van der Waals surface area contributed by atoms with Gasteiger partial charge in [0.2, 0.25) is 0 Å². The van der Waals surface area contributed by atoms with E-state index in [1.807, 2.05) is 0 Å². The number of hydrogen-bond acceptors (Lipinski definition) is 1. The number of para-hydroxylation sites is 4. The first kappa shape index (κ1) is 39.6. The van der Waals surface area contributed by atoms with Gasteiger partial charge < -0.3 is 9.47 Å². The Morgan fingerprint density at radius 2 is 0.897 bits per heavy atom. The smallest absolute Gasteiger partial charge is 0.0543 e. The quantitative estimate of drug-likeness (QED) is 0.148. The monoisotopic (exact) mass is 866 g/mol. The third-order valence-electron chi connectivity index (χ3n) is 14.5. The maximum absolute atomic E-state index is 2.57. The highest BCUT2D eigenvalue weighted by atomic mass is 15.2. The molecule has 0 bridgehead atoms. The molecule has 68 heavy (non-hydrogen) atoms. The number of fused-ring (bicyclic) bond motifs is 7. The Bertz CT molecular complexity index is 3860.